The van der Waals surface area contributed by atoms with Gasteiger partial charge in [0, 0.05) is 32.9 Å². The third-order valence-electron chi connectivity index (χ3n) is 10.4. The van der Waals surface area contributed by atoms with Gasteiger partial charge in [0.15, 0.2) is 5.82 Å². The lowest BCUT2D eigenvalue weighted by Crippen LogP contribution is -2.22. The molecule has 0 amide bonds. The van der Waals surface area contributed by atoms with Crippen molar-refractivity contribution in [3.8, 4) is 45.0 Å². The number of furan rings is 1. The first-order valence-corrected chi connectivity index (χ1v) is 16.7. The highest BCUT2D eigenvalue weighted by Gasteiger charge is 2.40. The maximum absolute atomic E-state index is 6.30. The van der Waals surface area contributed by atoms with Crippen molar-refractivity contribution in [3.05, 3.63) is 180 Å². The van der Waals surface area contributed by atoms with E-state index in [9.17, 15) is 0 Å². The molecule has 1 aliphatic rings. The van der Waals surface area contributed by atoms with Gasteiger partial charge in [0.1, 0.15) is 11.2 Å². The lowest BCUT2D eigenvalue weighted by atomic mass is 9.74. The molecule has 1 unspecified atom stereocenters. The van der Waals surface area contributed by atoms with Crippen molar-refractivity contribution in [1.82, 2.24) is 9.97 Å². The first kappa shape index (κ1) is 27.8. The number of hydrogen-bond acceptors (Lipinski definition) is 3. The quantitative estimate of drug-likeness (QED) is 0.195. The van der Waals surface area contributed by atoms with Crippen LogP contribution < -0.4 is 0 Å². The van der Waals surface area contributed by atoms with Gasteiger partial charge in [0.2, 0.25) is 0 Å². The van der Waals surface area contributed by atoms with Crippen LogP contribution in [-0.2, 0) is 5.41 Å². The largest absolute Gasteiger partial charge is 0.456 e. The Morgan fingerprint density at radius 1 is 0.469 bits per heavy atom. The van der Waals surface area contributed by atoms with Crippen LogP contribution in [0.1, 0.15) is 23.6 Å². The van der Waals surface area contributed by atoms with Gasteiger partial charge in [0.25, 0.3) is 0 Å². The lowest BCUT2D eigenvalue weighted by Gasteiger charge is -2.28. The smallest absolute Gasteiger partial charge is 0.160 e. The summed E-state index contributed by atoms with van der Waals surface area (Å²) < 4.78 is 6.30. The second-order valence-electron chi connectivity index (χ2n) is 13.1. The number of aromatic nitrogens is 2. The van der Waals surface area contributed by atoms with Gasteiger partial charge < -0.3 is 4.42 Å². The van der Waals surface area contributed by atoms with Crippen molar-refractivity contribution in [1.29, 1.82) is 0 Å². The summed E-state index contributed by atoms with van der Waals surface area (Å²) in [6.07, 6.45) is 0. The first-order chi connectivity index (χ1) is 24.1. The van der Waals surface area contributed by atoms with Gasteiger partial charge in [-0.15, -0.1) is 0 Å². The minimum Gasteiger partial charge on any atom is -0.456 e. The summed E-state index contributed by atoms with van der Waals surface area (Å²) in [5.74, 6) is 0.692. The molecule has 2 heterocycles. The number of rotatable bonds is 4. The Kier molecular flexibility index (Phi) is 6.00. The monoisotopic (exact) mass is 626 g/mol. The summed E-state index contributed by atoms with van der Waals surface area (Å²) in [6.45, 7) is 2.35. The van der Waals surface area contributed by atoms with Crippen molar-refractivity contribution >= 4 is 32.7 Å². The molecule has 7 aromatic carbocycles. The molecule has 2 aromatic heterocycles. The zero-order valence-corrected chi connectivity index (χ0v) is 26.9. The molecule has 0 bridgehead atoms. The molecular formula is C46H30N2O. The van der Waals surface area contributed by atoms with Crippen molar-refractivity contribution in [2.24, 2.45) is 0 Å². The van der Waals surface area contributed by atoms with Crippen LogP contribution in [0.2, 0.25) is 0 Å². The Bertz CT molecular complexity index is 2740. The molecule has 0 aliphatic heterocycles. The minimum absolute atomic E-state index is 0.304. The van der Waals surface area contributed by atoms with Crippen LogP contribution in [0.5, 0.6) is 0 Å². The highest BCUT2D eigenvalue weighted by atomic mass is 16.3. The van der Waals surface area contributed by atoms with Crippen molar-refractivity contribution < 1.29 is 4.42 Å². The third-order valence-corrected chi connectivity index (χ3v) is 10.4. The topological polar surface area (TPSA) is 38.9 Å². The fraction of sp³-hybridized carbons (Fsp3) is 0.0435. The average Bonchev–Trinajstić information content (AvgIpc) is 3.68. The van der Waals surface area contributed by atoms with Gasteiger partial charge in [-0.1, -0.05) is 133 Å². The summed E-state index contributed by atoms with van der Waals surface area (Å²) in [5, 5.41) is 4.49. The van der Waals surface area contributed by atoms with Crippen molar-refractivity contribution in [2.45, 2.75) is 12.3 Å². The van der Waals surface area contributed by atoms with Crippen molar-refractivity contribution in [3.63, 3.8) is 0 Å². The number of nitrogens with zero attached hydrogens (tertiary/aromatic N) is 2. The molecule has 1 aliphatic carbocycles. The molecule has 0 fully saturated rings. The molecule has 0 radical (unpaired) electrons. The van der Waals surface area contributed by atoms with E-state index in [-0.39, 0.29) is 5.41 Å². The lowest BCUT2D eigenvalue weighted by molar-refractivity contribution is 0.669. The highest BCUT2D eigenvalue weighted by molar-refractivity contribution is 6.12. The summed E-state index contributed by atoms with van der Waals surface area (Å²) in [4.78, 5) is 10.6. The van der Waals surface area contributed by atoms with Gasteiger partial charge >= 0.3 is 0 Å². The minimum atomic E-state index is -0.304. The van der Waals surface area contributed by atoms with E-state index in [0.29, 0.717) is 5.82 Å². The fourth-order valence-electron chi connectivity index (χ4n) is 7.91. The number of para-hydroxylation sites is 1. The van der Waals surface area contributed by atoms with Gasteiger partial charge in [-0.25, -0.2) is 9.97 Å². The van der Waals surface area contributed by atoms with E-state index in [1.165, 1.54) is 33.2 Å². The van der Waals surface area contributed by atoms with Crippen LogP contribution in [0.25, 0.3) is 77.7 Å². The number of benzene rings is 7. The SMILES string of the molecule is CC1(c2ccccc2)c2ccccc2-c2ccc(-c3cc(-c4cccc5oc6ccccc6c45)nc(-c4ccc5ccccc5c4)n3)cc21. The van der Waals surface area contributed by atoms with E-state index in [4.69, 9.17) is 14.4 Å². The summed E-state index contributed by atoms with van der Waals surface area (Å²) >= 11 is 0. The molecule has 49 heavy (non-hydrogen) atoms. The molecule has 230 valence electrons. The second-order valence-corrected chi connectivity index (χ2v) is 13.1. The molecule has 10 rings (SSSR count). The summed E-state index contributed by atoms with van der Waals surface area (Å²) in [5.41, 5.74) is 12.7. The fourth-order valence-corrected chi connectivity index (χ4v) is 7.91. The Morgan fingerprint density at radius 3 is 2.08 bits per heavy atom. The molecule has 3 heteroatoms. The third kappa shape index (κ3) is 4.22. The predicted molar refractivity (Wildman–Crippen MR) is 201 cm³/mol. The van der Waals surface area contributed by atoms with E-state index in [1.807, 2.05) is 18.2 Å². The molecule has 0 saturated carbocycles. The van der Waals surface area contributed by atoms with Gasteiger partial charge in [0.05, 0.1) is 11.4 Å². The van der Waals surface area contributed by atoms with E-state index >= 15 is 0 Å². The van der Waals surface area contributed by atoms with E-state index in [0.717, 1.165) is 55.4 Å². The molecule has 0 N–H and O–H groups in total. The van der Waals surface area contributed by atoms with Gasteiger partial charge in [-0.2, -0.15) is 0 Å². The molecule has 0 spiro atoms. The molecule has 1 atom stereocenters. The molecular weight excluding hydrogens is 597 g/mol. The maximum Gasteiger partial charge on any atom is 0.160 e. The number of fused-ring (bicyclic) bond motifs is 7. The average molecular weight is 627 g/mol. The van der Waals surface area contributed by atoms with E-state index < -0.39 is 0 Å². The van der Waals surface area contributed by atoms with Gasteiger partial charge in [-0.3, -0.25) is 0 Å². The van der Waals surface area contributed by atoms with Crippen LogP contribution in [0.4, 0.5) is 0 Å². The summed E-state index contributed by atoms with van der Waals surface area (Å²) in [6, 6.07) is 58.0. The molecule has 0 saturated heterocycles. The normalized spacial score (nSPS) is 15.1. The standard InChI is InChI=1S/C46H30N2O/c1-46(33-14-3-2-4-15-33)38-19-9-7-16-34(38)35-25-24-31(27-39(35)46)40-28-41(36-18-11-21-43-44(36)37-17-8-10-20-42(37)49-43)48-45(47-40)32-23-22-29-12-5-6-13-30(29)26-32/h2-28H,1H3. The van der Waals surface area contributed by atoms with E-state index in [2.05, 4.69) is 153 Å². The Labute approximate surface area is 284 Å². The summed E-state index contributed by atoms with van der Waals surface area (Å²) in [7, 11) is 0. The van der Waals surface area contributed by atoms with Gasteiger partial charge in [-0.05, 0) is 75.8 Å². The zero-order chi connectivity index (χ0) is 32.5. The zero-order valence-electron chi connectivity index (χ0n) is 26.9. The van der Waals surface area contributed by atoms with Crippen LogP contribution in [0.15, 0.2) is 168 Å². The van der Waals surface area contributed by atoms with Crippen LogP contribution >= 0.6 is 0 Å². The Hall–Kier alpha value is -6.32. The van der Waals surface area contributed by atoms with Crippen LogP contribution in [-0.4, -0.2) is 9.97 Å². The molecule has 3 nitrogen and oxygen atoms in total. The predicted octanol–water partition coefficient (Wildman–Crippen LogP) is 11.9. The van der Waals surface area contributed by atoms with Crippen LogP contribution in [0, 0.1) is 0 Å². The van der Waals surface area contributed by atoms with Crippen LogP contribution in [0.3, 0.4) is 0 Å². The van der Waals surface area contributed by atoms with E-state index in [1.54, 1.807) is 0 Å². The maximum atomic E-state index is 6.30. The number of hydrogen-bond donors (Lipinski definition) is 0. The molecule has 9 aromatic rings. The highest BCUT2D eigenvalue weighted by Crippen LogP contribution is 2.53. The second kappa shape index (κ2) is 10.6. The Morgan fingerprint density at radius 2 is 1.16 bits per heavy atom. The van der Waals surface area contributed by atoms with Crippen molar-refractivity contribution in [2.75, 3.05) is 0 Å². The Balaban J connectivity index is 1.22. The first-order valence-electron chi connectivity index (χ1n) is 16.7.